The molecule has 3 amide bonds. The zero-order valence-corrected chi connectivity index (χ0v) is 27.9. The molecule has 0 aliphatic rings. The second-order valence-corrected chi connectivity index (χ2v) is 13.9. The number of carbonyl (C=O) groups is 3. The van der Waals surface area contributed by atoms with E-state index in [0.717, 1.165) is 21.2 Å². The lowest BCUT2D eigenvalue weighted by molar-refractivity contribution is -0.146. The summed E-state index contributed by atoms with van der Waals surface area (Å²) in [5.41, 5.74) is 0.230. The predicted molar refractivity (Wildman–Crippen MR) is 180 cm³/mol. The number of rotatable bonds is 15. The SMILES string of the molecule is CNC(C)(C)C/C=C/C(=O)N(C)C(Cc1ccc2ccccc2c1)C(=O)N(C)C(Cc1cccs1)C(=O)NCC(C)(C)CO. The fraction of sp³-hybridized carbons (Fsp3) is 0.457. The van der Waals surface area contributed by atoms with Gasteiger partial charge in [-0.1, -0.05) is 68.5 Å². The number of thiophene rings is 1. The van der Waals surface area contributed by atoms with Crippen molar-refractivity contribution in [3.8, 4) is 0 Å². The van der Waals surface area contributed by atoms with Gasteiger partial charge in [0.1, 0.15) is 12.1 Å². The van der Waals surface area contributed by atoms with Crippen molar-refractivity contribution in [1.29, 1.82) is 0 Å². The highest BCUT2D eigenvalue weighted by molar-refractivity contribution is 7.09. The number of carbonyl (C=O) groups excluding carboxylic acids is 3. The summed E-state index contributed by atoms with van der Waals surface area (Å²) >= 11 is 1.53. The second-order valence-electron chi connectivity index (χ2n) is 12.9. The molecule has 0 aliphatic carbocycles. The molecule has 0 aliphatic heterocycles. The lowest BCUT2D eigenvalue weighted by Crippen LogP contribution is -2.56. The van der Waals surface area contributed by atoms with Crippen LogP contribution in [0.2, 0.25) is 0 Å². The van der Waals surface area contributed by atoms with Crippen molar-refractivity contribution in [1.82, 2.24) is 20.4 Å². The number of nitrogens with zero attached hydrogens (tertiary/aromatic N) is 2. The van der Waals surface area contributed by atoms with Crippen LogP contribution in [0.5, 0.6) is 0 Å². The first-order chi connectivity index (χ1) is 20.8. The van der Waals surface area contributed by atoms with Crippen LogP contribution in [-0.2, 0) is 27.2 Å². The molecule has 0 spiro atoms. The number of hydrogen-bond donors (Lipinski definition) is 3. The molecule has 3 rings (SSSR count). The molecule has 0 bridgehead atoms. The van der Waals surface area contributed by atoms with Gasteiger partial charge in [0.05, 0.1) is 0 Å². The molecule has 9 heteroatoms. The van der Waals surface area contributed by atoms with E-state index in [1.807, 2.05) is 101 Å². The maximum Gasteiger partial charge on any atom is 0.246 e. The molecule has 0 radical (unpaired) electrons. The molecule has 44 heavy (non-hydrogen) atoms. The highest BCUT2D eigenvalue weighted by Crippen LogP contribution is 2.21. The van der Waals surface area contributed by atoms with Gasteiger partial charge in [0.15, 0.2) is 0 Å². The summed E-state index contributed by atoms with van der Waals surface area (Å²) < 4.78 is 0. The Bertz CT molecular complexity index is 1430. The molecule has 1 heterocycles. The summed E-state index contributed by atoms with van der Waals surface area (Å²) in [5, 5.41) is 20.0. The van der Waals surface area contributed by atoms with Crippen molar-refractivity contribution in [2.45, 2.75) is 64.6 Å². The van der Waals surface area contributed by atoms with E-state index in [-0.39, 0.29) is 42.8 Å². The summed E-state index contributed by atoms with van der Waals surface area (Å²) in [5.74, 6) is -0.909. The van der Waals surface area contributed by atoms with Crippen molar-refractivity contribution >= 4 is 39.8 Å². The van der Waals surface area contributed by atoms with E-state index in [9.17, 15) is 19.5 Å². The van der Waals surface area contributed by atoms with Gasteiger partial charge >= 0.3 is 0 Å². The normalized spacial score (nSPS) is 13.5. The standard InChI is InChI=1S/C35H48N4O4S/c1-34(2,24-40)23-37-32(42)29(22-28-14-11-19-44-28)39(7)33(43)30(38(6)31(41)15-10-18-35(3,4)36-5)21-25-16-17-26-12-8-9-13-27(26)20-25/h8-17,19-20,29-30,36,40H,18,21-24H2,1-7H3,(H,37,42)/b15-10+. The van der Waals surface area contributed by atoms with Gasteiger partial charge < -0.3 is 25.5 Å². The van der Waals surface area contributed by atoms with Gasteiger partial charge in [0.2, 0.25) is 17.7 Å². The third kappa shape index (κ3) is 9.74. The fourth-order valence-electron chi connectivity index (χ4n) is 4.72. The van der Waals surface area contributed by atoms with Gasteiger partial charge in [0, 0.05) is 55.9 Å². The Morgan fingerprint density at radius 1 is 0.932 bits per heavy atom. The van der Waals surface area contributed by atoms with E-state index < -0.39 is 17.5 Å². The topological polar surface area (TPSA) is 102 Å². The van der Waals surface area contributed by atoms with Crippen LogP contribution in [0.15, 0.2) is 72.1 Å². The molecule has 0 saturated carbocycles. The minimum atomic E-state index is -0.844. The van der Waals surface area contributed by atoms with Gasteiger partial charge in [-0.3, -0.25) is 14.4 Å². The van der Waals surface area contributed by atoms with Gasteiger partial charge in [-0.2, -0.15) is 0 Å². The maximum absolute atomic E-state index is 14.3. The van der Waals surface area contributed by atoms with Crippen molar-refractivity contribution in [3.63, 3.8) is 0 Å². The molecule has 3 aromatic rings. The van der Waals surface area contributed by atoms with Crippen LogP contribution in [-0.4, -0.2) is 84.5 Å². The first kappa shape index (κ1) is 35.0. The first-order valence-corrected chi connectivity index (χ1v) is 15.9. The Kier molecular flexibility index (Phi) is 12.3. The lowest BCUT2D eigenvalue weighted by Gasteiger charge is -2.34. The molecule has 2 atom stereocenters. The van der Waals surface area contributed by atoms with E-state index in [4.69, 9.17) is 0 Å². The summed E-state index contributed by atoms with van der Waals surface area (Å²) in [6.45, 7) is 8.00. The smallest absolute Gasteiger partial charge is 0.246 e. The van der Waals surface area contributed by atoms with Crippen LogP contribution in [0.3, 0.4) is 0 Å². The van der Waals surface area contributed by atoms with Crippen LogP contribution in [0, 0.1) is 5.41 Å². The average molecular weight is 621 g/mol. The van der Waals surface area contributed by atoms with E-state index in [0.29, 0.717) is 12.8 Å². The van der Waals surface area contributed by atoms with Crippen molar-refractivity contribution in [2.24, 2.45) is 5.41 Å². The molecule has 238 valence electrons. The van der Waals surface area contributed by atoms with Crippen LogP contribution in [0.4, 0.5) is 0 Å². The Labute approximate surface area is 266 Å². The largest absolute Gasteiger partial charge is 0.396 e. The molecule has 3 N–H and O–H groups in total. The number of fused-ring (bicyclic) bond motifs is 1. The third-order valence-electron chi connectivity index (χ3n) is 8.17. The number of aliphatic hydroxyl groups excluding tert-OH is 1. The first-order valence-electron chi connectivity index (χ1n) is 15.0. The van der Waals surface area contributed by atoms with Crippen LogP contribution < -0.4 is 10.6 Å². The zero-order valence-electron chi connectivity index (χ0n) is 27.1. The monoisotopic (exact) mass is 620 g/mol. The van der Waals surface area contributed by atoms with Gasteiger partial charge in [-0.25, -0.2) is 0 Å². The number of amides is 3. The number of hydrogen-bond acceptors (Lipinski definition) is 6. The minimum Gasteiger partial charge on any atom is -0.396 e. The summed E-state index contributed by atoms with van der Waals surface area (Å²) in [6, 6.07) is 16.3. The average Bonchev–Trinajstić information content (AvgIpc) is 3.53. The summed E-state index contributed by atoms with van der Waals surface area (Å²) in [7, 11) is 5.16. The van der Waals surface area contributed by atoms with Crippen molar-refractivity contribution < 1.29 is 19.5 Å². The quantitative estimate of drug-likeness (QED) is 0.219. The molecule has 8 nitrogen and oxygen atoms in total. The summed E-state index contributed by atoms with van der Waals surface area (Å²) in [6.07, 6.45) is 4.61. The summed E-state index contributed by atoms with van der Waals surface area (Å²) in [4.78, 5) is 45.3. The van der Waals surface area contributed by atoms with Crippen LogP contribution >= 0.6 is 11.3 Å². The lowest BCUT2D eigenvalue weighted by atomic mass is 9.94. The van der Waals surface area contributed by atoms with Gasteiger partial charge in [-0.15, -0.1) is 11.3 Å². The predicted octanol–water partition coefficient (Wildman–Crippen LogP) is 4.42. The van der Waals surface area contributed by atoms with Gasteiger partial charge in [0.25, 0.3) is 0 Å². The number of benzene rings is 2. The Morgan fingerprint density at radius 2 is 1.64 bits per heavy atom. The Balaban J connectivity index is 1.94. The highest BCUT2D eigenvalue weighted by atomic mass is 32.1. The van der Waals surface area contributed by atoms with Crippen LogP contribution in [0.1, 0.15) is 44.6 Å². The maximum atomic E-state index is 14.3. The Hall–Kier alpha value is -3.53. The minimum absolute atomic E-state index is 0.0859. The van der Waals surface area contributed by atoms with Gasteiger partial charge in [-0.05, 0) is 61.2 Å². The zero-order chi connectivity index (χ0) is 32.5. The molecule has 1 aromatic heterocycles. The van der Waals surface area contributed by atoms with E-state index in [1.165, 1.54) is 27.2 Å². The highest BCUT2D eigenvalue weighted by Gasteiger charge is 2.35. The molecular formula is C35H48N4O4S. The number of nitrogens with one attached hydrogen (secondary N) is 2. The third-order valence-corrected chi connectivity index (χ3v) is 9.07. The van der Waals surface area contributed by atoms with Crippen molar-refractivity contribution in [3.05, 3.63) is 82.6 Å². The molecule has 2 unspecified atom stereocenters. The fourth-order valence-corrected chi connectivity index (χ4v) is 5.46. The number of aliphatic hydroxyl groups is 1. The van der Waals surface area contributed by atoms with E-state index >= 15 is 0 Å². The van der Waals surface area contributed by atoms with E-state index in [1.54, 1.807) is 14.1 Å². The number of likely N-dealkylation sites (N-methyl/N-ethyl adjacent to an activating group) is 2. The molecule has 2 aromatic carbocycles. The van der Waals surface area contributed by atoms with Crippen LogP contribution in [0.25, 0.3) is 10.8 Å². The second kappa shape index (κ2) is 15.5. The molecule has 0 fully saturated rings. The van der Waals surface area contributed by atoms with E-state index in [2.05, 4.69) is 10.6 Å². The Morgan fingerprint density at radius 3 is 2.27 bits per heavy atom. The molecular weight excluding hydrogens is 572 g/mol. The molecule has 0 saturated heterocycles. The van der Waals surface area contributed by atoms with Crippen molar-refractivity contribution in [2.75, 3.05) is 34.3 Å².